The molecule has 0 fully saturated rings. The first-order valence-corrected chi connectivity index (χ1v) is 7.63. The lowest BCUT2D eigenvalue weighted by Crippen LogP contribution is -2.15. The summed E-state index contributed by atoms with van der Waals surface area (Å²) in [5, 5.41) is 0.844. The normalized spacial score (nSPS) is 11.4. The number of benzene rings is 1. The predicted molar refractivity (Wildman–Crippen MR) is 81.2 cm³/mol. The van der Waals surface area contributed by atoms with Crippen LogP contribution in [0, 0.1) is 0 Å². The van der Waals surface area contributed by atoms with Gasteiger partial charge in [0, 0.05) is 11.6 Å². The number of sulfonamides is 1. The first-order chi connectivity index (χ1) is 10.1. The maximum Gasteiger partial charge on any atom is 0.265 e. The van der Waals surface area contributed by atoms with Crippen molar-refractivity contribution in [3.05, 3.63) is 54.9 Å². The van der Waals surface area contributed by atoms with Gasteiger partial charge in [-0.3, -0.25) is 9.71 Å². The van der Waals surface area contributed by atoms with Gasteiger partial charge in [0.05, 0.1) is 17.4 Å². The van der Waals surface area contributed by atoms with Crippen molar-refractivity contribution in [1.82, 2.24) is 9.97 Å². The molecule has 0 aliphatic rings. The SMILES string of the molecule is Nc1ncccc1S(=O)(=O)Nc1cnc2ccccc2c1. The van der Waals surface area contributed by atoms with E-state index in [9.17, 15) is 8.42 Å². The molecule has 3 N–H and O–H groups in total. The fraction of sp³-hybridized carbons (Fsp3) is 0. The monoisotopic (exact) mass is 300 g/mol. The topological polar surface area (TPSA) is 98.0 Å². The molecule has 2 heterocycles. The molecule has 0 amide bonds. The van der Waals surface area contributed by atoms with E-state index in [1.54, 1.807) is 6.07 Å². The second-order valence-corrected chi connectivity index (χ2v) is 6.06. The summed E-state index contributed by atoms with van der Waals surface area (Å²) in [4.78, 5) is 7.93. The molecule has 0 atom stereocenters. The van der Waals surface area contributed by atoms with E-state index in [2.05, 4.69) is 14.7 Å². The summed E-state index contributed by atoms with van der Waals surface area (Å²) in [6.45, 7) is 0. The molecule has 106 valence electrons. The minimum atomic E-state index is -3.79. The van der Waals surface area contributed by atoms with Gasteiger partial charge >= 0.3 is 0 Å². The maximum absolute atomic E-state index is 12.3. The molecule has 0 radical (unpaired) electrons. The molecule has 6 nitrogen and oxygen atoms in total. The van der Waals surface area contributed by atoms with Crippen molar-refractivity contribution in [2.75, 3.05) is 10.5 Å². The van der Waals surface area contributed by atoms with Gasteiger partial charge in [-0.25, -0.2) is 13.4 Å². The minimum Gasteiger partial charge on any atom is -0.383 e. The Morgan fingerprint density at radius 2 is 1.86 bits per heavy atom. The molecular weight excluding hydrogens is 288 g/mol. The number of nitrogens with zero attached hydrogens (tertiary/aromatic N) is 2. The molecule has 0 saturated heterocycles. The summed E-state index contributed by atoms with van der Waals surface area (Å²) in [6.07, 6.45) is 2.90. The number of aromatic nitrogens is 2. The van der Waals surface area contributed by atoms with Gasteiger partial charge < -0.3 is 5.73 Å². The van der Waals surface area contributed by atoms with Gasteiger partial charge in [-0.2, -0.15) is 0 Å². The van der Waals surface area contributed by atoms with Crippen LogP contribution in [-0.4, -0.2) is 18.4 Å². The zero-order chi connectivity index (χ0) is 14.9. The Labute approximate surface area is 121 Å². The van der Waals surface area contributed by atoms with E-state index in [-0.39, 0.29) is 10.7 Å². The first kappa shape index (κ1) is 13.3. The Morgan fingerprint density at radius 1 is 1.05 bits per heavy atom. The summed E-state index contributed by atoms with van der Waals surface area (Å²) in [6, 6.07) is 12.1. The Bertz CT molecular complexity index is 910. The highest BCUT2D eigenvalue weighted by Gasteiger charge is 2.18. The van der Waals surface area contributed by atoms with Crippen LogP contribution in [0.4, 0.5) is 11.5 Å². The van der Waals surface area contributed by atoms with E-state index in [4.69, 9.17) is 5.73 Å². The number of pyridine rings is 2. The molecule has 21 heavy (non-hydrogen) atoms. The second kappa shape index (κ2) is 5.02. The zero-order valence-corrected chi connectivity index (χ0v) is 11.7. The van der Waals surface area contributed by atoms with Crippen LogP contribution >= 0.6 is 0 Å². The van der Waals surface area contributed by atoms with Crippen molar-refractivity contribution in [2.45, 2.75) is 4.90 Å². The van der Waals surface area contributed by atoms with E-state index < -0.39 is 10.0 Å². The van der Waals surface area contributed by atoms with Crippen LogP contribution in [0.25, 0.3) is 10.9 Å². The number of hydrogen-bond donors (Lipinski definition) is 2. The first-order valence-electron chi connectivity index (χ1n) is 6.14. The van der Waals surface area contributed by atoms with Crippen molar-refractivity contribution in [3.63, 3.8) is 0 Å². The van der Waals surface area contributed by atoms with Gasteiger partial charge in [-0.15, -0.1) is 0 Å². The number of hydrogen-bond acceptors (Lipinski definition) is 5. The van der Waals surface area contributed by atoms with Crippen LogP contribution in [-0.2, 0) is 10.0 Å². The molecule has 3 aromatic rings. The third-order valence-corrected chi connectivity index (χ3v) is 4.36. The van der Waals surface area contributed by atoms with E-state index in [0.29, 0.717) is 5.69 Å². The molecule has 7 heteroatoms. The lowest BCUT2D eigenvalue weighted by atomic mass is 10.2. The Kier molecular flexibility index (Phi) is 3.19. The molecular formula is C14H12N4O2S. The average molecular weight is 300 g/mol. The number of rotatable bonds is 3. The highest BCUT2D eigenvalue weighted by atomic mass is 32.2. The molecule has 0 unspecified atom stereocenters. The standard InChI is InChI=1S/C14H12N4O2S/c15-14-13(6-3-7-16-14)21(19,20)18-11-8-10-4-1-2-5-12(10)17-9-11/h1-9,18H,(H2,15,16). The van der Waals surface area contributed by atoms with E-state index in [1.165, 1.54) is 24.5 Å². The number of nitrogens with two attached hydrogens (primary N) is 1. The van der Waals surface area contributed by atoms with Gasteiger partial charge in [-0.05, 0) is 24.3 Å². The van der Waals surface area contributed by atoms with E-state index >= 15 is 0 Å². The summed E-state index contributed by atoms with van der Waals surface area (Å²) in [7, 11) is -3.79. The molecule has 1 aromatic carbocycles. The number of anilines is 2. The molecule has 0 saturated carbocycles. The van der Waals surface area contributed by atoms with Gasteiger partial charge in [0.15, 0.2) is 0 Å². The van der Waals surface area contributed by atoms with Crippen molar-refractivity contribution < 1.29 is 8.42 Å². The van der Waals surface area contributed by atoms with Crippen molar-refractivity contribution >= 4 is 32.4 Å². The van der Waals surface area contributed by atoms with Gasteiger partial charge in [0.2, 0.25) is 0 Å². The maximum atomic E-state index is 12.3. The molecule has 0 spiro atoms. The van der Waals surface area contributed by atoms with Gasteiger partial charge in [0.25, 0.3) is 10.0 Å². The fourth-order valence-electron chi connectivity index (χ4n) is 1.97. The fourth-order valence-corrected chi connectivity index (χ4v) is 3.08. The third kappa shape index (κ3) is 2.63. The molecule has 0 bridgehead atoms. The van der Waals surface area contributed by atoms with Gasteiger partial charge in [-0.1, -0.05) is 18.2 Å². The Balaban J connectivity index is 1.99. The molecule has 0 aliphatic heterocycles. The predicted octanol–water partition coefficient (Wildman–Crippen LogP) is 2.01. The van der Waals surface area contributed by atoms with E-state index in [1.807, 2.05) is 24.3 Å². The third-order valence-electron chi connectivity index (χ3n) is 2.93. The van der Waals surface area contributed by atoms with Crippen LogP contribution < -0.4 is 10.5 Å². The summed E-state index contributed by atoms with van der Waals surface area (Å²) in [5.74, 6) is -0.0428. The summed E-state index contributed by atoms with van der Waals surface area (Å²) < 4.78 is 27.1. The quantitative estimate of drug-likeness (QED) is 0.771. The van der Waals surface area contributed by atoms with Crippen LogP contribution in [0.3, 0.4) is 0 Å². The van der Waals surface area contributed by atoms with Crippen molar-refractivity contribution in [2.24, 2.45) is 0 Å². The van der Waals surface area contributed by atoms with Gasteiger partial charge in [0.1, 0.15) is 10.7 Å². The zero-order valence-electron chi connectivity index (χ0n) is 10.9. The second-order valence-electron chi connectivity index (χ2n) is 4.41. The molecule has 0 aliphatic carbocycles. The van der Waals surface area contributed by atoms with Crippen LogP contribution in [0.1, 0.15) is 0 Å². The lowest BCUT2D eigenvalue weighted by molar-refractivity contribution is 0.601. The highest BCUT2D eigenvalue weighted by molar-refractivity contribution is 7.92. The van der Waals surface area contributed by atoms with Crippen LogP contribution in [0.2, 0.25) is 0 Å². The number of nitrogen functional groups attached to an aromatic ring is 1. The average Bonchev–Trinajstić information content (AvgIpc) is 2.47. The summed E-state index contributed by atoms with van der Waals surface area (Å²) in [5.41, 5.74) is 6.77. The van der Waals surface area contributed by atoms with Crippen molar-refractivity contribution in [3.8, 4) is 0 Å². The number of para-hydroxylation sites is 1. The molecule has 3 rings (SSSR count). The van der Waals surface area contributed by atoms with Crippen molar-refractivity contribution in [1.29, 1.82) is 0 Å². The van der Waals surface area contributed by atoms with Crippen LogP contribution in [0.15, 0.2) is 59.8 Å². The number of fused-ring (bicyclic) bond motifs is 1. The van der Waals surface area contributed by atoms with E-state index in [0.717, 1.165) is 10.9 Å². The Morgan fingerprint density at radius 3 is 2.67 bits per heavy atom. The Hall–Kier alpha value is -2.67. The summed E-state index contributed by atoms with van der Waals surface area (Å²) >= 11 is 0. The van der Waals surface area contributed by atoms with Crippen LogP contribution in [0.5, 0.6) is 0 Å². The minimum absolute atomic E-state index is 0.0428. The lowest BCUT2D eigenvalue weighted by Gasteiger charge is -2.09. The largest absolute Gasteiger partial charge is 0.383 e. The number of nitrogens with one attached hydrogen (secondary N) is 1. The molecule has 2 aromatic heterocycles. The highest BCUT2D eigenvalue weighted by Crippen LogP contribution is 2.21. The smallest absolute Gasteiger partial charge is 0.265 e.